The summed E-state index contributed by atoms with van der Waals surface area (Å²) in [6.07, 6.45) is 0. The van der Waals surface area contributed by atoms with Gasteiger partial charge in [0.25, 0.3) is 0 Å². The van der Waals surface area contributed by atoms with Crippen molar-refractivity contribution in [2.24, 2.45) is 0 Å². The third-order valence-electron chi connectivity index (χ3n) is 11.5. The summed E-state index contributed by atoms with van der Waals surface area (Å²) in [7, 11) is 11.1. The smallest absolute Gasteiger partial charge is 0.164 e. The second-order valence-corrected chi connectivity index (χ2v) is 15.6. The number of hydrogen-bond acceptors (Lipinski definition) is 5. The van der Waals surface area contributed by atoms with E-state index in [0.717, 1.165) is 38.6 Å². The molecule has 0 atom stereocenters. The molecular weight excluding hydrogens is 685 g/mol. The highest BCUT2D eigenvalue weighted by Crippen LogP contribution is 2.41. The Morgan fingerprint density at radius 2 is 0.982 bits per heavy atom. The van der Waals surface area contributed by atoms with Crippen LogP contribution in [0.5, 0.6) is 0 Å². The van der Waals surface area contributed by atoms with Crippen LogP contribution in [0.25, 0.3) is 98.5 Å². The van der Waals surface area contributed by atoms with Crippen LogP contribution < -0.4 is 27.3 Å². The zero-order valence-corrected chi connectivity index (χ0v) is 32.2. The summed E-state index contributed by atoms with van der Waals surface area (Å²) in [5.41, 5.74) is 16.0. The van der Waals surface area contributed by atoms with Crippen molar-refractivity contribution in [3.05, 3.63) is 133 Å². The predicted octanol–water partition coefficient (Wildman–Crippen LogP) is 3.77. The Kier molecular flexibility index (Phi) is 7.93. The summed E-state index contributed by atoms with van der Waals surface area (Å²) in [4.78, 5) is 15.1. The van der Waals surface area contributed by atoms with Crippen molar-refractivity contribution in [1.82, 2.24) is 15.0 Å². The number of benzene rings is 7. The number of hydrogen-bond donors (Lipinski definition) is 0. The van der Waals surface area contributed by atoms with E-state index in [1.54, 1.807) is 0 Å². The Hall–Kier alpha value is -6.11. The van der Waals surface area contributed by atoms with E-state index in [9.17, 15) is 0 Å². The van der Waals surface area contributed by atoms with Crippen molar-refractivity contribution in [2.75, 3.05) is 0 Å². The normalized spacial score (nSPS) is 11.6. The number of thiophene rings is 1. The molecular formula is C45H32B5N3OS. The number of nitrogens with zero attached hydrogens (tertiary/aromatic N) is 3. The molecule has 254 valence electrons. The van der Waals surface area contributed by atoms with E-state index in [4.69, 9.17) is 19.4 Å². The average Bonchev–Trinajstić information content (AvgIpc) is 3.80. The Balaban J connectivity index is 1.06. The fraction of sp³-hybridized carbons (Fsp3) is 0. The highest BCUT2D eigenvalue weighted by molar-refractivity contribution is 7.26. The van der Waals surface area contributed by atoms with Crippen LogP contribution in [-0.2, 0) is 0 Å². The first-order valence-electron chi connectivity index (χ1n) is 18.7. The minimum absolute atomic E-state index is 0.601. The SMILES string of the molecule is Bc1c(B)c(B)c(-c2ccc(-c3nc(-c4ccccc4)nc(-c4ccc5c(c4)oc4ccc(-c6cccc7c6sc6ccccc67)cc45)n3)cc2)c(B)c1B. The van der Waals surface area contributed by atoms with Gasteiger partial charge in [0, 0.05) is 47.6 Å². The molecule has 10 aromatic rings. The molecule has 0 spiro atoms. The lowest BCUT2D eigenvalue weighted by Crippen LogP contribution is -2.55. The van der Waals surface area contributed by atoms with Gasteiger partial charge in [-0.15, -0.1) is 27.7 Å². The lowest BCUT2D eigenvalue weighted by atomic mass is 9.59. The number of aromatic nitrogens is 3. The first-order chi connectivity index (χ1) is 26.8. The zero-order chi connectivity index (χ0) is 37.4. The van der Waals surface area contributed by atoms with E-state index < -0.39 is 0 Å². The molecule has 10 heteroatoms. The minimum Gasteiger partial charge on any atom is -0.456 e. The van der Waals surface area contributed by atoms with E-state index in [1.165, 1.54) is 69.7 Å². The number of furan rings is 1. The Labute approximate surface area is 327 Å². The molecule has 0 aliphatic carbocycles. The van der Waals surface area contributed by atoms with Crippen LogP contribution in [-0.4, -0.2) is 54.2 Å². The van der Waals surface area contributed by atoms with Crippen LogP contribution in [0.2, 0.25) is 0 Å². The van der Waals surface area contributed by atoms with Crippen LogP contribution in [0.4, 0.5) is 0 Å². The molecule has 0 radical (unpaired) electrons. The van der Waals surface area contributed by atoms with Gasteiger partial charge in [-0.05, 0) is 52.6 Å². The average molecular weight is 717 g/mol. The van der Waals surface area contributed by atoms with Crippen LogP contribution in [0.3, 0.4) is 0 Å². The number of rotatable bonds is 5. The van der Waals surface area contributed by atoms with Crippen LogP contribution in [0.15, 0.2) is 138 Å². The molecule has 0 amide bonds. The maximum Gasteiger partial charge on any atom is 0.164 e. The van der Waals surface area contributed by atoms with Gasteiger partial charge >= 0.3 is 0 Å². The molecule has 0 fully saturated rings. The fourth-order valence-electron chi connectivity index (χ4n) is 8.13. The molecule has 0 saturated heterocycles. The summed E-state index contributed by atoms with van der Waals surface area (Å²) in [6.45, 7) is 0. The molecule has 10 rings (SSSR count). The van der Waals surface area contributed by atoms with Crippen molar-refractivity contribution < 1.29 is 4.42 Å². The molecule has 3 aromatic heterocycles. The molecule has 55 heavy (non-hydrogen) atoms. The first-order valence-corrected chi connectivity index (χ1v) is 19.5. The van der Waals surface area contributed by atoms with Gasteiger partial charge in [0.2, 0.25) is 0 Å². The molecule has 3 heterocycles. The monoisotopic (exact) mass is 717 g/mol. The summed E-state index contributed by atoms with van der Waals surface area (Å²) >= 11 is 1.85. The quantitative estimate of drug-likeness (QED) is 0.255. The molecule has 0 unspecified atom stereocenters. The lowest BCUT2D eigenvalue weighted by Gasteiger charge is -2.20. The summed E-state index contributed by atoms with van der Waals surface area (Å²) in [6, 6.07) is 46.9. The van der Waals surface area contributed by atoms with Crippen LogP contribution in [0.1, 0.15) is 0 Å². The summed E-state index contributed by atoms with van der Waals surface area (Å²) < 4.78 is 9.11. The van der Waals surface area contributed by atoms with Gasteiger partial charge in [-0.1, -0.05) is 114 Å². The van der Waals surface area contributed by atoms with Gasteiger partial charge < -0.3 is 4.42 Å². The van der Waals surface area contributed by atoms with Crippen molar-refractivity contribution in [3.8, 4) is 56.4 Å². The highest BCUT2D eigenvalue weighted by Gasteiger charge is 2.18. The molecule has 0 bridgehead atoms. The minimum atomic E-state index is 0.601. The highest BCUT2D eigenvalue weighted by atomic mass is 32.1. The van der Waals surface area contributed by atoms with Gasteiger partial charge in [-0.25, -0.2) is 15.0 Å². The maximum absolute atomic E-state index is 6.50. The Morgan fingerprint density at radius 3 is 1.73 bits per heavy atom. The fourth-order valence-corrected chi connectivity index (χ4v) is 9.37. The Bertz CT molecular complexity index is 3130. The van der Waals surface area contributed by atoms with E-state index in [1.807, 2.05) is 41.7 Å². The van der Waals surface area contributed by atoms with Crippen molar-refractivity contribution in [1.29, 1.82) is 0 Å². The second kappa shape index (κ2) is 13.0. The van der Waals surface area contributed by atoms with Gasteiger partial charge in [-0.2, -0.15) is 0 Å². The van der Waals surface area contributed by atoms with Gasteiger partial charge in [-0.3, -0.25) is 0 Å². The molecule has 4 nitrogen and oxygen atoms in total. The third-order valence-corrected chi connectivity index (χ3v) is 12.8. The van der Waals surface area contributed by atoms with Crippen LogP contribution in [0, 0.1) is 0 Å². The van der Waals surface area contributed by atoms with Crippen molar-refractivity contribution in [2.45, 2.75) is 0 Å². The van der Waals surface area contributed by atoms with Gasteiger partial charge in [0.15, 0.2) is 17.5 Å². The summed E-state index contributed by atoms with van der Waals surface area (Å²) in [5.74, 6) is 1.86. The second-order valence-electron chi connectivity index (χ2n) is 14.6. The Morgan fingerprint density at radius 1 is 0.400 bits per heavy atom. The molecule has 0 aliphatic rings. The zero-order valence-electron chi connectivity index (χ0n) is 31.4. The topological polar surface area (TPSA) is 51.8 Å². The van der Waals surface area contributed by atoms with Crippen LogP contribution >= 0.6 is 11.3 Å². The molecule has 0 N–H and O–H groups in total. The lowest BCUT2D eigenvalue weighted by molar-refractivity contribution is 0.669. The standard InChI is InChI=1S/C45H32B5N3OS/c46-37-36(38(47)40(49)41(50)39(37)48)23-13-15-25(16-14-23)44-51-43(24-7-2-1-3-8-24)52-45(53-44)27-17-19-29-32-21-26(18-20-33(32)54-34(29)22-27)28-10-6-11-31-30-9-4-5-12-35(30)55-42(28)31/h1-22H,46-50H2. The first kappa shape index (κ1) is 33.5. The van der Waals surface area contributed by atoms with E-state index in [0.29, 0.717) is 17.5 Å². The number of fused-ring (bicyclic) bond motifs is 6. The largest absolute Gasteiger partial charge is 0.456 e. The molecule has 0 saturated carbocycles. The molecule has 0 aliphatic heterocycles. The maximum atomic E-state index is 6.50. The van der Waals surface area contributed by atoms with E-state index in [-0.39, 0.29) is 0 Å². The van der Waals surface area contributed by atoms with Crippen molar-refractivity contribution in [3.63, 3.8) is 0 Å². The van der Waals surface area contributed by atoms with E-state index in [2.05, 4.69) is 142 Å². The van der Waals surface area contributed by atoms with Gasteiger partial charge in [0.1, 0.15) is 50.4 Å². The predicted molar refractivity (Wildman–Crippen MR) is 248 cm³/mol. The van der Waals surface area contributed by atoms with Crippen molar-refractivity contribution >= 4 is 120 Å². The van der Waals surface area contributed by atoms with E-state index >= 15 is 0 Å². The molecule has 7 aromatic carbocycles. The van der Waals surface area contributed by atoms with Gasteiger partial charge in [0.05, 0.1) is 0 Å². The third kappa shape index (κ3) is 5.54. The summed E-state index contributed by atoms with van der Waals surface area (Å²) in [5, 5.41) is 4.75.